The summed E-state index contributed by atoms with van der Waals surface area (Å²) < 4.78 is 13.8. The van der Waals surface area contributed by atoms with E-state index in [0.29, 0.717) is 22.9 Å². The number of aromatic nitrogens is 1. The quantitative estimate of drug-likeness (QED) is 0.834. The Labute approximate surface area is 105 Å². The first-order valence-corrected chi connectivity index (χ1v) is 6.42. The molecule has 92 valence electrons. The molecule has 1 aromatic heterocycles. The fraction of sp³-hybridized carbons (Fsp3) is 0.583. The second-order valence-corrected chi connectivity index (χ2v) is 5.27. The van der Waals surface area contributed by atoms with Crippen molar-refractivity contribution >= 4 is 17.4 Å². The zero-order valence-corrected chi connectivity index (χ0v) is 10.3. The molecule has 0 radical (unpaired) electrons. The van der Waals surface area contributed by atoms with Gasteiger partial charge < -0.3 is 10.2 Å². The number of nitrogens with zero attached hydrogens (tertiary/aromatic N) is 2. The number of anilines is 1. The number of halogens is 2. The first kappa shape index (κ1) is 11.2. The summed E-state index contributed by atoms with van der Waals surface area (Å²) in [5.74, 6) is 0.110. The molecule has 2 bridgehead atoms. The summed E-state index contributed by atoms with van der Waals surface area (Å²) in [7, 11) is 0. The molecule has 1 N–H and O–H groups in total. The van der Waals surface area contributed by atoms with Crippen molar-refractivity contribution < 1.29 is 4.39 Å². The summed E-state index contributed by atoms with van der Waals surface area (Å²) >= 11 is 5.72. The van der Waals surface area contributed by atoms with Gasteiger partial charge in [-0.3, -0.25) is 0 Å². The molecule has 3 nitrogen and oxygen atoms in total. The van der Waals surface area contributed by atoms with Gasteiger partial charge in [0.1, 0.15) is 0 Å². The van der Waals surface area contributed by atoms with Gasteiger partial charge in [0.25, 0.3) is 0 Å². The van der Waals surface area contributed by atoms with Crippen LogP contribution >= 0.6 is 11.6 Å². The van der Waals surface area contributed by atoms with Crippen LogP contribution in [-0.4, -0.2) is 30.2 Å². The molecule has 2 fully saturated rings. The summed E-state index contributed by atoms with van der Waals surface area (Å²) in [6.45, 7) is 1.70. The minimum atomic E-state index is -0.324. The van der Waals surface area contributed by atoms with Crippen molar-refractivity contribution in [3.63, 3.8) is 0 Å². The van der Waals surface area contributed by atoms with E-state index in [-0.39, 0.29) is 5.82 Å². The van der Waals surface area contributed by atoms with E-state index in [1.807, 2.05) is 4.90 Å². The van der Waals surface area contributed by atoms with Crippen LogP contribution in [-0.2, 0) is 0 Å². The Kier molecular flexibility index (Phi) is 2.92. The first-order chi connectivity index (χ1) is 8.22. The van der Waals surface area contributed by atoms with Gasteiger partial charge in [-0.15, -0.1) is 0 Å². The zero-order chi connectivity index (χ0) is 11.8. The number of rotatable bonds is 1. The van der Waals surface area contributed by atoms with E-state index in [1.165, 1.54) is 25.1 Å². The lowest BCUT2D eigenvalue weighted by atomic mass is 10.1. The minimum Gasteiger partial charge on any atom is -0.353 e. The fourth-order valence-electron chi connectivity index (χ4n) is 2.78. The van der Waals surface area contributed by atoms with Gasteiger partial charge in [-0.2, -0.15) is 0 Å². The first-order valence-electron chi connectivity index (χ1n) is 6.04. The Morgan fingerprint density at radius 2 is 2.18 bits per heavy atom. The molecular formula is C12H15ClFN3. The Bertz CT molecular complexity index is 426. The van der Waals surface area contributed by atoms with Crippen molar-refractivity contribution in [3.05, 3.63) is 23.1 Å². The van der Waals surface area contributed by atoms with Gasteiger partial charge in [0.15, 0.2) is 11.6 Å². The monoisotopic (exact) mass is 255 g/mol. The van der Waals surface area contributed by atoms with Crippen LogP contribution in [0.25, 0.3) is 0 Å². The predicted molar refractivity (Wildman–Crippen MR) is 66.0 cm³/mol. The molecular weight excluding hydrogens is 241 g/mol. The number of nitrogens with one attached hydrogen (secondary N) is 1. The summed E-state index contributed by atoms with van der Waals surface area (Å²) in [6.07, 6.45) is 4.99. The predicted octanol–water partition coefficient (Wildman–Crippen LogP) is 2.20. The summed E-state index contributed by atoms with van der Waals surface area (Å²) in [5.41, 5.74) is 0. The lowest BCUT2D eigenvalue weighted by Gasteiger charge is -2.25. The smallest absolute Gasteiger partial charge is 0.167 e. The molecule has 3 heterocycles. The van der Waals surface area contributed by atoms with Crippen LogP contribution in [0.3, 0.4) is 0 Å². The van der Waals surface area contributed by atoms with Crippen LogP contribution in [0.4, 0.5) is 10.2 Å². The highest BCUT2D eigenvalue weighted by molar-refractivity contribution is 6.30. The van der Waals surface area contributed by atoms with Crippen molar-refractivity contribution in [2.45, 2.75) is 31.3 Å². The van der Waals surface area contributed by atoms with Crippen LogP contribution < -0.4 is 10.2 Å². The zero-order valence-electron chi connectivity index (χ0n) is 9.50. The van der Waals surface area contributed by atoms with E-state index in [2.05, 4.69) is 10.3 Å². The standard InChI is InChI=1S/C12H15ClFN3/c13-8-5-11(14)12(15-6-8)17-4-3-9-1-2-10(7-17)16-9/h5-6,9-10,16H,1-4,7H2. The summed E-state index contributed by atoms with van der Waals surface area (Å²) in [4.78, 5) is 6.15. The van der Waals surface area contributed by atoms with E-state index in [1.54, 1.807) is 0 Å². The maximum Gasteiger partial charge on any atom is 0.167 e. The molecule has 2 aliphatic rings. The highest BCUT2D eigenvalue weighted by atomic mass is 35.5. The van der Waals surface area contributed by atoms with Crippen LogP contribution in [0, 0.1) is 5.82 Å². The van der Waals surface area contributed by atoms with E-state index < -0.39 is 0 Å². The van der Waals surface area contributed by atoms with E-state index in [4.69, 9.17) is 11.6 Å². The van der Waals surface area contributed by atoms with E-state index in [9.17, 15) is 4.39 Å². The average molecular weight is 256 g/mol. The summed E-state index contributed by atoms with van der Waals surface area (Å²) in [6, 6.07) is 2.40. The van der Waals surface area contributed by atoms with Crippen molar-refractivity contribution in [3.8, 4) is 0 Å². The van der Waals surface area contributed by atoms with Gasteiger partial charge in [-0.05, 0) is 25.3 Å². The second-order valence-electron chi connectivity index (χ2n) is 4.83. The maximum atomic E-state index is 13.8. The molecule has 0 aromatic carbocycles. The molecule has 5 heteroatoms. The van der Waals surface area contributed by atoms with E-state index >= 15 is 0 Å². The third-order valence-corrected chi connectivity index (χ3v) is 3.82. The topological polar surface area (TPSA) is 28.2 Å². The summed E-state index contributed by atoms with van der Waals surface area (Å²) in [5, 5.41) is 3.91. The molecule has 0 amide bonds. The molecule has 1 aromatic rings. The van der Waals surface area contributed by atoms with Gasteiger partial charge >= 0.3 is 0 Å². The number of hydrogen-bond acceptors (Lipinski definition) is 3. The average Bonchev–Trinajstić information content (AvgIpc) is 2.60. The molecule has 3 rings (SSSR count). The Morgan fingerprint density at radius 1 is 1.35 bits per heavy atom. The van der Waals surface area contributed by atoms with Gasteiger partial charge in [0.2, 0.25) is 0 Å². The van der Waals surface area contributed by atoms with Crippen LogP contribution in [0.1, 0.15) is 19.3 Å². The minimum absolute atomic E-state index is 0.324. The third-order valence-electron chi connectivity index (χ3n) is 3.61. The molecule has 0 saturated carbocycles. The third kappa shape index (κ3) is 2.24. The molecule has 0 spiro atoms. The second kappa shape index (κ2) is 4.42. The Balaban J connectivity index is 1.83. The van der Waals surface area contributed by atoms with Gasteiger partial charge in [0.05, 0.1) is 5.02 Å². The highest BCUT2D eigenvalue weighted by Gasteiger charge is 2.30. The van der Waals surface area contributed by atoms with Gasteiger partial charge in [0, 0.05) is 31.4 Å². The van der Waals surface area contributed by atoms with Crippen molar-refractivity contribution in [2.75, 3.05) is 18.0 Å². The van der Waals surface area contributed by atoms with Gasteiger partial charge in [-0.1, -0.05) is 11.6 Å². The number of hydrogen-bond donors (Lipinski definition) is 1. The Hall–Kier alpha value is -0.870. The molecule has 2 aliphatic heterocycles. The van der Waals surface area contributed by atoms with Crippen LogP contribution in [0.15, 0.2) is 12.3 Å². The van der Waals surface area contributed by atoms with Crippen molar-refractivity contribution in [1.29, 1.82) is 0 Å². The van der Waals surface area contributed by atoms with Crippen LogP contribution in [0.5, 0.6) is 0 Å². The maximum absolute atomic E-state index is 13.8. The molecule has 2 unspecified atom stereocenters. The lowest BCUT2D eigenvalue weighted by Crippen LogP contribution is -2.36. The largest absolute Gasteiger partial charge is 0.353 e. The molecule has 0 aliphatic carbocycles. The molecule has 2 atom stereocenters. The lowest BCUT2D eigenvalue weighted by molar-refractivity contribution is 0.563. The normalized spacial score (nSPS) is 28.2. The highest BCUT2D eigenvalue weighted by Crippen LogP contribution is 2.26. The number of pyridine rings is 1. The van der Waals surface area contributed by atoms with Crippen molar-refractivity contribution in [2.24, 2.45) is 0 Å². The number of fused-ring (bicyclic) bond motifs is 2. The fourth-order valence-corrected chi connectivity index (χ4v) is 2.92. The van der Waals surface area contributed by atoms with Crippen molar-refractivity contribution in [1.82, 2.24) is 10.3 Å². The molecule has 17 heavy (non-hydrogen) atoms. The molecule has 2 saturated heterocycles. The van der Waals surface area contributed by atoms with E-state index in [0.717, 1.165) is 19.5 Å². The van der Waals surface area contributed by atoms with Crippen LogP contribution in [0.2, 0.25) is 5.02 Å². The van der Waals surface area contributed by atoms with Gasteiger partial charge in [-0.25, -0.2) is 9.37 Å². The SMILES string of the molecule is Fc1cc(Cl)cnc1N1CCC2CCC(C1)N2. The Morgan fingerprint density at radius 3 is 3.00 bits per heavy atom.